The average Bonchev–Trinajstić information content (AvgIpc) is 3.26. The summed E-state index contributed by atoms with van der Waals surface area (Å²) in [5.74, 6) is 0.716. The van der Waals surface area contributed by atoms with E-state index in [1.165, 1.54) is 25.5 Å². The number of para-hydroxylation sites is 1. The number of nitrogens with one attached hydrogen (secondary N) is 1. The van der Waals surface area contributed by atoms with Gasteiger partial charge in [-0.3, -0.25) is 4.79 Å². The summed E-state index contributed by atoms with van der Waals surface area (Å²) in [6.45, 7) is 1.38. The number of methoxy groups -OCH3 is 1. The van der Waals surface area contributed by atoms with Gasteiger partial charge >= 0.3 is 5.97 Å². The fourth-order valence-corrected chi connectivity index (χ4v) is 1.83. The van der Waals surface area contributed by atoms with Gasteiger partial charge in [0.05, 0.1) is 13.7 Å². The van der Waals surface area contributed by atoms with Crippen molar-refractivity contribution in [3.05, 3.63) is 29.8 Å². The van der Waals surface area contributed by atoms with Crippen LogP contribution in [0.2, 0.25) is 0 Å². The van der Waals surface area contributed by atoms with Crippen molar-refractivity contribution in [2.75, 3.05) is 13.7 Å². The molecule has 1 aromatic carbocycles. The molecule has 0 amide bonds. The Morgan fingerprint density at radius 2 is 2.16 bits per heavy atom. The van der Waals surface area contributed by atoms with E-state index in [9.17, 15) is 4.79 Å². The standard InChI is InChI=1S/C15H21NO3/c1-18-15(17)7-4-10-19-14-6-3-2-5-12(14)11-16-13-8-9-13/h2-3,5-6,13,16H,4,7-11H2,1H3. The zero-order chi connectivity index (χ0) is 13.5. The van der Waals surface area contributed by atoms with Crippen molar-refractivity contribution in [1.82, 2.24) is 5.32 Å². The summed E-state index contributed by atoms with van der Waals surface area (Å²) in [4.78, 5) is 11.0. The molecule has 0 atom stereocenters. The molecule has 0 radical (unpaired) electrons. The fraction of sp³-hybridized carbons (Fsp3) is 0.533. The number of ether oxygens (including phenoxy) is 2. The van der Waals surface area contributed by atoms with E-state index in [2.05, 4.69) is 16.1 Å². The molecule has 0 unspecified atom stereocenters. The average molecular weight is 263 g/mol. The molecule has 19 heavy (non-hydrogen) atoms. The lowest BCUT2D eigenvalue weighted by Crippen LogP contribution is -2.16. The van der Waals surface area contributed by atoms with Crippen molar-refractivity contribution in [2.45, 2.75) is 38.3 Å². The smallest absolute Gasteiger partial charge is 0.305 e. The van der Waals surface area contributed by atoms with Gasteiger partial charge in [-0.15, -0.1) is 0 Å². The molecule has 0 bridgehead atoms. The Morgan fingerprint density at radius 1 is 1.37 bits per heavy atom. The highest BCUT2D eigenvalue weighted by atomic mass is 16.5. The summed E-state index contributed by atoms with van der Waals surface area (Å²) >= 11 is 0. The molecule has 4 nitrogen and oxygen atoms in total. The van der Waals surface area contributed by atoms with E-state index < -0.39 is 0 Å². The monoisotopic (exact) mass is 263 g/mol. The molecular formula is C15H21NO3. The number of esters is 1. The number of carbonyl (C=O) groups is 1. The van der Waals surface area contributed by atoms with Crippen LogP contribution in [0.25, 0.3) is 0 Å². The second-order valence-electron chi connectivity index (χ2n) is 4.79. The quantitative estimate of drug-likeness (QED) is 0.577. The molecule has 1 fully saturated rings. The highest BCUT2D eigenvalue weighted by molar-refractivity contribution is 5.69. The maximum absolute atomic E-state index is 11.0. The molecule has 0 heterocycles. The molecule has 1 N–H and O–H groups in total. The first-order chi connectivity index (χ1) is 9.29. The third kappa shape index (κ3) is 4.91. The van der Waals surface area contributed by atoms with E-state index in [-0.39, 0.29) is 5.97 Å². The summed E-state index contributed by atoms with van der Waals surface area (Å²) < 4.78 is 10.3. The maximum atomic E-state index is 11.0. The number of benzene rings is 1. The van der Waals surface area contributed by atoms with Gasteiger partial charge in [-0.05, 0) is 25.3 Å². The first-order valence-electron chi connectivity index (χ1n) is 6.80. The van der Waals surface area contributed by atoms with Crippen molar-refractivity contribution in [3.8, 4) is 5.75 Å². The topological polar surface area (TPSA) is 47.6 Å². The van der Waals surface area contributed by atoms with Crippen molar-refractivity contribution >= 4 is 5.97 Å². The largest absolute Gasteiger partial charge is 0.493 e. The molecular weight excluding hydrogens is 242 g/mol. The van der Waals surface area contributed by atoms with Gasteiger partial charge < -0.3 is 14.8 Å². The Bertz CT molecular complexity index is 416. The molecule has 1 aliphatic carbocycles. The Labute approximate surface area is 114 Å². The Hall–Kier alpha value is -1.55. The molecule has 0 spiro atoms. The summed E-state index contributed by atoms with van der Waals surface area (Å²) in [7, 11) is 1.40. The minimum Gasteiger partial charge on any atom is -0.493 e. The lowest BCUT2D eigenvalue weighted by molar-refractivity contribution is -0.140. The van der Waals surface area contributed by atoms with Crippen LogP contribution in [0.5, 0.6) is 5.75 Å². The van der Waals surface area contributed by atoms with E-state index in [1.54, 1.807) is 0 Å². The summed E-state index contributed by atoms with van der Waals surface area (Å²) in [5.41, 5.74) is 1.17. The van der Waals surface area contributed by atoms with Crippen molar-refractivity contribution < 1.29 is 14.3 Å². The van der Waals surface area contributed by atoms with Crippen LogP contribution < -0.4 is 10.1 Å². The summed E-state index contributed by atoms with van der Waals surface area (Å²) in [6, 6.07) is 8.72. The zero-order valence-corrected chi connectivity index (χ0v) is 11.4. The molecule has 1 aromatic rings. The maximum Gasteiger partial charge on any atom is 0.305 e. The van der Waals surface area contributed by atoms with E-state index in [4.69, 9.17) is 4.74 Å². The van der Waals surface area contributed by atoms with Crippen LogP contribution in [0.4, 0.5) is 0 Å². The van der Waals surface area contributed by atoms with Crippen molar-refractivity contribution in [2.24, 2.45) is 0 Å². The van der Waals surface area contributed by atoms with E-state index >= 15 is 0 Å². The zero-order valence-electron chi connectivity index (χ0n) is 11.4. The SMILES string of the molecule is COC(=O)CCCOc1ccccc1CNC1CC1. The van der Waals surface area contributed by atoms with Gasteiger partial charge in [-0.2, -0.15) is 0 Å². The molecule has 1 aliphatic rings. The van der Waals surface area contributed by atoms with Gasteiger partial charge in [-0.25, -0.2) is 0 Å². The predicted molar refractivity (Wildman–Crippen MR) is 73.0 cm³/mol. The fourth-order valence-electron chi connectivity index (χ4n) is 1.83. The van der Waals surface area contributed by atoms with Crippen molar-refractivity contribution in [1.29, 1.82) is 0 Å². The number of hydrogen-bond acceptors (Lipinski definition) is 4. The Kier molecular flexibility index (Phi) is 5.21. The highest BCUT2D eigenvalue weighted by Crippen LogP contribution is 2.22. The van der Waals surface area contributed by atoms with Gasteiger partial charge in [0.25, 0.3) is 0 Å². The highest BCUT2D eigenvalue weighted by Gasteiger charge is 2.20. The summed E-state index contributed by atoms with van der Waals surface area (Å²) in [6.07, 6.45) is 3.64. The third-order valence-electron chi connectivity index (χ3n) is 3.14. The third-order valence-corrected chi connectivity index (χ3v) is 3.14. The van der Waals surface area contributed by atoms with E-state index in [1.807, 2.05) is 18.2 Å². The van der Waals surface area contributed by atoms with Gasteiger partial charge in [0.2, 0.25) is 0 Å². The van der Waals surface area contributed by atoms with Gasteiger partial charge in [0.15, 0.2) is 0 Å². The van der Waals surface area contributed by atoms with Crippen LogP contribution in [0.1, 0.15) is 31.2 Å². The molecule has 1 saturated carbocycles. The molecule has 0 saturated heterocycles. The molecule has 0 aliphatic heterocycles. The normalized spacial score (nSPS) is 14.2. The van der Waals surface area contributed by atoms with Gasteiger partial charge in [0, 0.05) is 24.6 Å². The van der Waals surface area contributed by atoms with Crippen LogP contribution in [0, 0.1) is 0 Å². The van der Waals surface area contributed by atoms with Crippen molar-refractivity contribution in [3.63, 3.8) is 0 Å². The predicted octanol–water partition coefficient (Wildman–Crippen LogP) is 2.27. The van der Waals surface area contributed by atoms with E-state index in [0.717, 1.165) is 12.3 Å². The lowest BCUT2D eigenvalue weighted by Gasteiger charge is -2.11. The first kappa shape index (κ1) is 13.9. The molecule has 2 rings (SSSR count). The minimum absolute atomic E-state index is 0.188. The first-order valence-corrected chi connectivity index (χ1v) is 6.80. The second-order valence-corrected chi connectivity index (χ2v) is 4.79. The number of carbonyl (C=O) groups excluding carboxylic acids is 1. The van der Waals surface area contributed by atoms with Crippen LogP contribution in [-0.2, 0) is 16.1 Å². The second kappa shape index (κ2) is 7.14. The number of hydrogen-bond donors (Lipinski definition) is 1. The number of rotatable bonds is 8. The Morgan fingerprint density at radius 3 is 2.89 bits per heavy atom. The Balaban J connectivity index is 1.76. The van der Waals surface area contributed by atoms with Crippen LogP contribution in [0.15, 0.2) is 24.3 Å². The minimum atomic E-state index is -0.188. The van der Waals surface area contributed by atoms with Crippen LogP contribution in [-0.4, -0.2) is 25.7 Å². The lowest BCUT2D eigenvalue weighted by atomic mass is 10.2. The van der Waals surface area contributed by atoms with Gasteiger partial charge in [-0.1, -0.05) is 18.2 Å². The van der Waals surface area contributed by atoms with Crippen LogP contribution >= 0.6 is 0 Å². The van der Waals surface area contributed by atoms with Crippen LogP contribution in [0.3, 0.4) is 0 Å². The molecule has 0 aromatic heterocycles. The molecule has 104 valence electrons. The van der Waals surface area contributed by atoms with Gasteiger partial charge in [0.1, 0.15) is 5.75 Å². The van der Waals surface area contributed by atoms with E-state index in [0.29, 0.717) is 25.5 Å². The summed E-state index contributed by atoms with van der Waals surface area (Å²) in [5, 5.41) is 3.48. The molecule has 4 heteroatoms.